The summed E-state index contributed by atoms with van der Waals surface area (Å²) in [6, 6.07) is 4.86. The minimum absolute atomic E-state index is 0.105. The Balaban J connectivity index is 2.73. The zero-order valence-electron chi connectivity index (χ0n) is 10.7. The highest BCUT2D eigenvalue weighted by Crippen LogP contribution is 2.23. The lowest BCUT2D eigenvalue weighted by Crippen LogP contribution is -2.38. The molecule has 0 saturated carbocycles. The smallest absolute Gasteiger partial charge is 0.128 e. The molecule has 0 radical (unpaired) electrons. The Kier molecular flexibility index (Phi) is 5.72. The van der Waals surface area contributed by atoms with E-state index in [1.807, 2.05) is 11.9 Å². The second-order valence-corrected chi connectivity index (χ2v) is 5.85. The summed E-state index contributed by atoms with van der Waals surface area (Å²) >= 11 is 3.32. The van der Waals surface area contributed by atoms with Gasteiger partial charge in [0.25, 0.3) is 0 Å². The molecule has 1 aromatic carbocycles. The summed E-state index contributed by atoms with van der Waals surface area (Å²) in [5.41, 5.74) is 0.00479. The van der Waals surface area contributed by atoms with Gasteiger partial charge in [-0.25, -0.2) is 4.39 Å². The fraction of sp³-hybridized carbons (Fsp3) is 0.538. The fourth-order valence-electron chi connectivity index (χ4n) is 1.81. The number of hydrogen-bond acceptors (Lipinski definition) is 3. The Hall–Kier alpha value is -0.490. The van der Waals surface area contributed by atoms with E-state index in [1.165, 1.54) is 6.07 Å². The molecule has 0 aliphatic rings. The van der Waals surface area contributed by atoms with E-state index >= 15 is 0 Å². The predicted octanol–water partition coefficient (Wildman–Crippen LogP) is 2.01. The summed E-state index contributed by atoms with van der Waals surface area (Å²) in [4.78, 5) is 1.88. The number of aliphatic hydroxyl groups excluding tert-OH is 2. The summed E-state index contributed by atoms with van der Waals surface area (Å²) in [7, 11) is 1.84. The quantitative estimate of drug-likeness (QED) is 0.843. The first-order valence-electron chi connectivity index (χ1n) is 5.75. The van der Waals surface area contributed by atoms with Crippen molar-refractivity contribution in [1.82, 2.24) is 4.90 Å². The molecule has 18 heavy (non-hydrogen) atoms. The Morgan fingerprint density at radius 2 is 1.94 bits per heavy atom. The maximum absolute atomic E-state index is 13.7. The predicted molar refractivity (Wildman–Crippen MR) is 72.7 cm³/mol. The van der Waals surface area contributed by atoms with Gasteiger partial charge < -0.3 is 15.1 Å². The summed E-state index contributed by atoms with van der Waals surface area (Å²) in [6.45, 7) is 2.49. The molecule has 102 valence electrons. The molecule has 1 rings (SSSR count). The highest BCUT2D eigenvalue weighted by atomic mass is 79.9. The highest BCUT2D eigenvalue weighted by molar-refractivity contribution is 9.10. The third-order valence-corrected chi connectivity index (χ3v) is 3.65. The summed E-state index contributed by atoms with van der Waals surface area (Å²) in [5, 5.41) is 18.5. The van der Waals surface area contributed by atoms with Gasteiger partial charge in [-0.1, -0.05) is 28.9 Å². The molecule has 3 nitrogen and oxygen atoms in total. The van der Waals surface area contributed by atoms with Crippen molar-refractivity contribution in [3.05, 3.63) is 34.1 Å². The van der Waals surface area contributed by atoms with E-state index in [0.717, 1.165) is 4.47 Å². The fourth-order valence-corrected chi connectivity index (χ4v) is 2.28. The average molecular weight is 320 g/mol. The van der Waals surface area contributed by atoms with Gasteiger partial charge in [-0.3, -0.25) is 0 Å². The first kappa shape index (κ1) is 15.6. The monoisotopic (exact) mass is 319 g/mol. The normalized spacial score (nSPS) is 12.2. The SMILES string of the molecule is CN(Cc1c(F)cccc1Br)CC(C)(CO)CO. The molecular formula is C13H19BrFNO2. The topological polar surface area (TPSA) is 43.7 Å². The molecule has 0 atom stereocenters. The Morgan fingerprint density at radius 3 is 2.44 bits per heavy atom. The Labute approximate surface area is 115 Å². The molecule has 0 spiro atoms. The van der Waals surface area contributed by atoms with E-state index in [0.29, 0.717) is 18.7 Å². The first-order valence-corrected chi connectivity index (χ1v) is 6.54. The van der Waals surface area contributed by atoms with Crippen LogP contribution in [0.1, 0.15) is 12.5 Å². The maximum Gasteiger partial charge on any atom is 0.128 e. The number of aliphatic hydroxyl groups is 2. The van der Waals surface area contributed by atoms with Gasteiger partial charge in [0, 0.05) is 28.5 Å². The van der Waals surface area contributed by atoms with Gasteiger partial charge >= 0.3 is 0 Å². The second-order valence-electron chi connectivity index (χ2n) is 5.00. The molecule has 0 aliphatic heterocycles. The second kappa shape index (κ2) is 6.61. The molecule has 0 aromatic heterocycles. The van der Waals surface area contributed by atoms with Crippen LogP contribution in [-0.2, 0) is 6.54 Å². The minimum Gasteiger partial charge on any atom is -0.396 e. The van der Waals surface area contributed by atoms with E-state index in [9.17, 15) is 14.6 Å². The first-order chi connectivity index (χ1) is 8.41. The van der Waals surface area contributed by atoms with E-state index in [4.69, 9.17) is 0 Å². The van der Waals surface area contributed by atoms with Crippen LogP contribution < -0.4 is 0 Å². The lowest BCUT2D eigenvalue weighted by molar-refractivity contribution is 0.0399. The van der Waals surface area contributed by atoms with Crippen LogP contribution in [0.4, 0.5) is 4.39 Å². The van der Waals surface area contributed by atoms with Gasteiger partial charge in [0.05, 0.1) is 13.2 Å². The van der Waals surface area contributed by atoms with Gasteiger partial charge in [-0.2, -0.15) is 0 Å². The van der Waals surface area contributed by atoms with E-state index in [2.05, 4.69) is 15.9 Å². The molecule has 1 aromatic rings. The zero-order chi connectivity index (χ0) is 13.8. The van der Waals surface area contributed by atoms with E-state index in [-0.39, 0.29) is 19.0 Å². The van der Waals surface area contributed by atoms with Gasteiger partial charge in [0.2, 0.25) is 0 Å². The van der Waals surface area contributed by atoms with Crippen molar-refractivity contribution in [2.45, 2.75) is 13.5 Å². The average Bonchev–Trinajstić information content (AvgIpc) is 2.34. The van der Waals surface area contributed by atoms with E-state index in [1.54, 1.807) is 19.1 Å². The van der Waals surface area contributed by atoms with Crippen LogP contribution >= 0.6 is 15.9 Å². The summed E-state index contributed by atoms with van der Waals surface area (Å²) < 4.78 is 14.4. The molecular weight excluding hydrogens is 301 g/mol. The number of nitrogens with zero attached hydrogens (tertiary/aromatic N) is 1. The lowest BCUT2D eigenvalue weighted by atomic mass is 9.92. The summed E-state index contributed by atoms with van der Waals surface area (Å²) in [5.74, 6) is -0.258. The number of benzene rings is 1. The largest absolute Gasteiger partial charge is 0.396 e. The molecule has 0 amide bonds. The molecule has 0 fully saturated rings. The molecule has 0 aliphatic carbocycles. The summed E-state index contributed by atoms with van der Waals surface area (Å²) in [6.07, 6.45) is 0. The van der Waals surface area contributed by atoms with Gasteiger partial charge in [0.15, 0.2) is 0 Å². The molecule has 0 unspecified atom stereocenters. The van der Waals surface area contributed by atoms with Gasteiger partial charge in [-0.15, -0.1) is 0 Å². The van der Waals surface area contributed by atoms with Crippen molar-refractivity contribution < 1.29 is 14.6 Å². The lowest BCUT2D eigenvalue weighted by Gasteiger charge is -2.30. The minimum atomic E-state index is -0.577. The third-order valence-electron chi connectivity index (χ3n) is 2.90. The number of rotatable bonds is 6. The van der Waals surface area contributed by atoms with Crippen LogP contribution in [0, 0.1) is 11.2 Å². The molecule has 0 heterocycles. The zero-order valence-corrected chi connectivity index (χ0v) is 12.2. The van der Waals surface area contributed by atoms with E-state index < -0.39 is 5.41 Å². The van der Waals surface area contributed by atoms with Gasteiger partial charge in [-0.05, 0) is 19.2 Å². The third kappa shape index (κ3) is 4.02. The van der Waals surface area contributed by atoms with Gasteiger partial charge in [0.1, 0.15) is 5.82 Å². The van der Waals surface area contributed by atoms with Crippen LogP contribution in [0.5, 0.6) is 0 Å². The maximum atomic E-state index is 13.7. The Morgan fingerprint density at radius 1 is 1.33 bits per heavy atom. The van der Waals surface area contributed by atoms with Crippen molar-refractivity contribution in [3.8, 4) is 0 Å². The van der Waals surface area contributed by atoms with Crippen LogP contribution in [0.2, 0.25) is 0 Å². The van der Waals surface area contributed by atoms with Crippen molar-refractivity contribution >= 4 is 15.9 Å². The molecule has 2 N–H and O–H groups in total. The van der Waals surface area contributed by atoms with Crippen molar-refractivity contribution in [3.63, 3.8) is 0 Å². The molecule has 0 bridgehead atoms. The molecule has 5 heteroatoms. The van der Waals surface area contributed by atoms with Crippen LogP contribution in [0.15, 0.2) is 22.7 Å². The van der Waals surface area contributed by atoms with Crippen LogP contribution in [0.25, 0.3) is 0 Å². The highest BCUT2D eigenvalue weighted by Gasteiger charge is 2.24. The number of halogens is 2. The van der Waals surface area contributed by atoms with Crippen molar-refractivity contribution in [1.29, 1.82) is 0 Å². The van der Waals surface area contributed by atoms with Crippen LogP contribution in [0.3, 0.4) is 0 Å². The molecule has 0 saturated heterocycles. The van der Waals surface area contributed by atoms with Crippen molar-refractivity contribution in [2.24, 2.45) is 5.41 Å². The number of hydrogen-bond donors (Lipinski definition) is 2. The Bertz CT molecular complexity index is 376. The standard InChI is InChI=1S/C13H19BrFNO2/c1-13(8-17,9-18)7-16(2)6-10-11(14)4-3-5-12(10)15/h3-5,17-18H,6-9H2,1-2H3. The van der Waals surface area contributed by atoms with Crippen LogP contribution in [-0.4, -0.2) is 41.9 Å². The van der Waals surface area contributed by atoms with Crippen molar-refractivity contribution in [2.75, 3.05) is 26.8 Å².